The molecule has 0 N–H and O–H groups in total. The van der Waals surface area contributed by atoms with Crippen molar-refractivity contribution in [2.24, 2.45) is 4.99 Å². The van der Waals surface area contributed by atoms with Crippen molar-refractivity contribution in [2.45, 2.75) is 6.54 Å². The number of carbonyl (C=O) groups is 1. The fraction of sp³-hybridized carbons (Fsp3) is 0.0435. The average Bonchev–Trinajstić information content (AvgIpc) is 3.06. The first-order valence-corrected chi connectivity index (χ1v) is 9.70. The maximum Gasteiger partial charge on any atom is 0.279 e. The van der Waals surface area contributed by atoms with Crippen LogP contribution in [0.5, 0.6) is 11.5 Å². The number of terminal acetylenes is 1. The van der Waals surface area contributed by atoms with Gasteiger partial charge in [-0.2, -0.15) is 4.99 Å². The lowest BCUT2D eigenvalue weighted by Crippen LogP contribution is -2.17. The second-order valence-electron chi connectivity index (χ2n) is 6.27. The Kier molecular flexibility index (Phi) is 5.42. The Balaban J connectivity index is 1.67. The van der Waals surface area contributed by atoms with Crippen LogP contribution >= 0.6 is 11.3 Å². The monoisotopic (exact) mass is 420 g/mol. The van der Waals surface area contributed by atoms with E-state index in [1.807, 2.05) is 30.3 Å². The maximum atomic E-state index is 14.3. The molecule has 0 saturated carbocycles. The summed E-state index contributed by atoms with van der Waals surface area (Å²) in [6.45, 7) is -0.00147. The quantitative estimate of drug-likeness (QED) is 0.429. The highest BCUT2D eigenvalue weighted by Gasteiger charge is 2.14. The Labute approximate surface area is 174 Å². The summed E-state index contributed by atoms with van der Waals surface area (Å²) in [7, 11) is 0. The smallest absolute Gasteiger partial charge is 0.279 e. The van der Waals surface area contributed by atoms with Crippen LogP contribution in [0.1, 0.15) is 10.4 Å². The molecule has 1 aromatic heterocycles. The highest BCUT2D eigenvalue weighted by molar-refractivity contribution is 7.16. The molecule has 4 aromatic rings. The largest absolute Gasteiger partial charge is 0.457 e. The van der Waals surface area contributed by atoms with Gasteiger partial charge in [0.2, 0.25) is 0 Å². The highest BCUT2D eigenvalue weighted by Crippen LogP contribution is 2.23. The number of carbonyl (C=O) groups excluding carboxylic acids is 1. The van der Waals surface area contributed by atoms with E-state index in [0.29, 0.717) is 21.8 Å². The fourth-order valence-electron chi connectivity index (χ4n) is 2.89. The van der Waals surface area contributed by atoms with E-state index in [9.17, 15) is 13.6 Å². The third-order valence-electron chi connectivity index (χ3n) is 4.22. The van der Waals surface area contributed by atoms with E-state index in [1.54, 1.807) is 24.3 Å². The number of nitrogens with zero attached hydrogens (tertiary/aromatic N) is 2. The summed E-state index contributed by atoms with van der Waals surface area (Å²) in [4.78, 5) is 16.9. The normalized spacial score (nSPS) is 11.4. The molecule has 7 heteroatoms. The van der Waals surface area contributed by atoms with Crippen molar-refractivity contribution in [1.82, 2.24) is 4.57 Å². The van der Waals surface area contributed by atoms with Gasteiger partial charge in [-0.15, -0.1) is 6.42 Å². The van der Waals surface area contributed by atoms with E-state index < -0.39 is 17.5 Å². The molecule has 0 aliphatic rings. The van der Waals surface area contributed by atoms with E-state index in [-0.39, 0.29) is 16.9 Å². The van der Waals surface area contributed by atoms with Gasteiger partial charge in [0.15, 0.2) is 10.6 Å². The van der Waals surface area contributed by atoms with Gasteiger partial charge in [0.05, 0.1) is 16.8 Å². The number of fused-ring (bicyclic) bond motifs is 1. The van der Waals surface area contributed by atoms with E-state index in [1.165, 1.54) is 10.6 Å². The number of halogens is 2. The molecule has 0 radical (unpaired) electrons. The van der Waals surface area contributed by atoms with Gasteiger partial charge in [0.25, 0.3) is 5.91 Å². The molecule has 148 valence electrons. The molecular formula is C23H14F2N2O2S. The zero-order valence-corrected chi connectivity index (χ0v) is 16.3. The summed E-state index contributed by atoms with van der Waals surface area (Å²) >= 11 is 0.995. The van der Waals surface area contributed by atoms with Crippen LogP contribution in [0.25, 0.3) is 10.2 Å². The average molecular weight is 420 g/mol. The first kappa shape index (κ1) is 19.6. The highest BCUT2D eigenvalue weighted by atomic mass is 32.1. The molecule has 0 aliphatic heterocycles. The summed E-state index contributed by atoms with van der Waals surface area (Å²) in [5.41, 5.74) is 0.448. The molecule has 0 bridgehead atoms. The molecule has 4 nitrogen and oxygen atoms in total. The number of aromatic nitrogens is 1. The summed E-state index contributed by atoms with van der Waals surface area (Å²) in [5.74, 6) is 1.66. The first-order valence-electron chi connectivity index (χ1n) is 8.89. The number of hydrogen-bond acceptors (Lipinski definition) is 3. The number of hydrogen-bond donors (Lipinski definition) is 0. The van der Waals surface area contributed by atoms with Crippen molar-refractivity contribution >= 4 is 27.5 Å². The van der Waals surface area contributed by atoms with Crippen molar-refractivity contribution in [3.63, 3.8) is 0 Å². The number of amides is 1. The Hall–Kier alpha value is -3.76. The number of para-hydroxylation sites is 1. The Morgan fingerprint density at radius 1 is 1.07 bits per heavy atom. The second kappa shape index (κ2) is 8.31. The molecule has 4 rings (SSSR count). The summed E-state index contributed by atoms with van der Waals surface area (Å²) < 4.78 is 35.2. The minimum atomic E-state index is -0.757. The minimum Gasteiger partial charge on any atom is -0.457 e. The molecule has 0 aliphatic carbocycles. The van der Waals surface area contributed by atoms with Crippen molar-refractivity contribution in [3.05, 3.63) is 88.7 Å². The van der Waals surface area contributed by atoms with Crippen molar-refractivity contribution in [1.29, 1.82) is 0 Å². The van der Waals surface area contributed by atoms with Gasteiger partial charge in [-0.25, -0.2) is 8.78 Å². The molecule has 0 saturated heterocycles. The molecule has 30 heavy (non-hydrogen) atoms. The molecule has 1 amide bonds. The molecule has 0 unspecified atom stereocenters. The molecule has 1 heterocycles. The van der Waals surface area contributed by atoms with Crippen LogP contribution in [0.4, 0.5) is 8.78 Å². The van der Waals surface area contributed by atoms with Crippen molar-refractivity contribution in [2.75, 3.05) is 0 Å². The zero-order chi connectivity index (χ0) is 21.1. The minimum absolute atomic E-state index is 0.00147. The standard InChI is InChI=1S/C23H14F2N2O2S/c1-2-12-27-21-19(25)13-16(24)14-20(21)30-23(27)26-22(28)15-8-10-18(11-9-15)29-17-6-4-3-5-7-17/h1,3-11,13-14H,12H2. The van der Waals surface area contributed by atoms with Gasteiger partial charge in [-0.05, 0) is 42.5 Å². The van der Waals surface area contributed by atoms with E-state index in [4.69, 9.17) is 11.2 Å². The molecule has 3 aromatic carbocycles. The second-order valence-corrected chi connectivity index (χ2v) is 7.27. The Morgan fingerprint density at radius 2 is 1.77 bits per heavy atom. The maximum absolute atomic E-state index is 14.3. The van der Waals surface area contributed by atoms with Crippen LogP contribution in [0.2, 0.25) is 0 Å². The van der Waals surface area contributed by atoms with Crippen LogP contribution in [0, 0.1) is 24.0 Å². The van der Waals surface area contributed by atoms with Crippen LogP contribution < -0.4 is 9.54 Å². The fourth-order valence-corrected chi connectivity index (χ4v) is 3.96. The summed E-state index contributed by atoms with van der Waals surface area (Å²) in [6.07, 6.45) is 5.38. The molecular weight excluding hydrogens is 406 g/mol. The van der Waals surface area contributed by atoms with Crippen molar-refractivity contribution < 1.29 is 18.3 Å². The van der Waals surface area contributed by atoms with Crippen LogP contribution in [-0.4, -0.2) is 10.5 Å². The van der Waals surface area contributed by atoms with Gasteiger partial charge in [-0.1, -0.05) is 35.5 Å². The predicted octanol–water partition coefficient (Wildman–Crippen LogP) is 5.15. The van der Waals surface area contributed by atoms with Gasteiger partial charge in [0.1, 0.15) is 17.3 Å². The summed E-state index contributed by atoms with van der Waals surface area (Å²) in [6, 6.07) is 17.7. The third kappa shape index (κ3) is 4.00. The van der Waals surface area contributed by atoms with E-state index in [2.05, 4.69) is 10.9 Å². The van der Waals surface area contributed by atoms with Gasteiger partial charge in [-0.3, -0.25) is 4.79 Å². The van der Waals surface area contributed by atoms with Crippen LogP contribution in [0.15, 0.2) is 71.7 Å². The predicted molar refractivity (Wildman–Crippen MR) is 111 cm³/mol. The van der Waals surface area contributed by atoms with Crippen LogP contribution in [0.3, 0.4) is 0 Å². The number of benzene rings is 3. The topological polar surface area (TPSA) is 43.6 Å². The third-order valence-corrected chi connectivity index (χ3v) is 5.25. The molecule has 0 atom stereocenters. The SMILES string of the molecule is C#CCn1c(=NC(=O)c2ccc(Oc3ccccc3)cc2)sc2cc(F)cc(F)c21. The lowest BCUT2D eigenvalue weighted by molar-refractivity contribution is 0.0998. The molecule has 0 fully saturated rings. The number of ether oxygens (including phenoxy) is 1. The lowest BCUT2D eigenvalue weighted by atomic mass is 10.2. The molecule has 0 spiro atoms. The number of thiazole rings is 1. The van der Waals surface area contributed by atoms with Gasteiger partial charge >= 0.3 is 0 Å². The van der Waals surface area contributed by atoms with E-state index in [0.717, 1.165) is 17.4 Å². The lowest BCUT2D eigenvalue weighted by Gasteiger charge is -2.05. The van der Waals surface area contributed by atoms with Gasteiger partial charge in [0, 0.05) is 11.6 Å². The Bertz CT molecular complexity index is 1330. The summed E-state index contributed by atoms with van der Waals surface area (Å²) in [5, 5.41) is 0. The van der Waals surface area contributed by atoms with Gasteiger partial charge < -0.3 is 9.30 Å². The van der Waals surface area contributed by atoms with Crippen LogP contribution in [-0.2, 0) is 6.54 Å². The zero-order valence-electron chi connectivity index (χ0n) is 15.5. The van der Waals surface area contributed by atoms with Crippen molar-refractivity contribution in [3.8, 4) is 23.8 Å². The van der Waals surface area contributed by atoms with E-state index >= 15 is 0 Å². The number of rotatable bonds is 4. The Morgan fingerprint density at radius 3 is 2.47 bits per heavy atom. The first-order chi connectivity index (χ1) is 14.5.